The summed E-state index contributed by atoms with van der Waals surface area (Å²) in [6.45, 7) is 2.00. The molecule has 7 nitrogen and oxygen atoms in total. The number of nitrogens with zero attached hydrogens (tertiary/aromatic N) is 6. The van der Waals surface area contributed by atoms with Crippen molar-refractivity contribution >= 4 is 7.12 Å². The van der Waals surface area contributed by atoms with Crippen LogP contribution in [0.25, 0.3) is 0 Å². The fraction of sp³-hybridized carbons (Fsp3) is 0.526. The topological polar surface area (TPSA) is 62.7 Å². The van der Waals surface area contributed by atoms with Crippen LogP contribution < -0.4 is 29.6 Å². The summed E-state index contributed by atoms with van der Waals surface area (Å²) in [6.07, 6.45) is -33.5. The van der Waals surface area contributed by atoms with E-state index in [2.05, 4.69) is 15.3 Å². The van der Waals surface area contributed by atoms with Crippen molar-refractivity contribution in [2.45, 2.75) is 49.9 Å². The van der Waals surface area contributed by atoms with Gasteiger partial charge >= 0.3 is 73.7 Å². The van der Waals surface area contributed by atoms with Crippen molar-refractivity contribution in [1.82, 2.24) is 29.1 Å². The van der Waals surface area contributed by atoms with Crippen LogP contribution in [0.2, 0.25) is 0 Å². The zero-order valence-corrected chi connectivity index (χ0v) is 24.2. The molecule has 254 valence electrons. The van der Waals surface area contributed by atoms with Crippen molar-refractivity contribution in [3.8, 4) is 0 Å². The van der Waals surface area contributed by atoms with E-state index >= 15 is 0 Å². The summed E-state index contributed by atoms with van der Waals surface area (Å²) in [5, 5.41) is 6.84. The molecule has 0 bridgehead atoms. The fourth-order valence-corrected chi connectivity index (χ4v) is 3.89. The Morgan fingerprint density at radius 1 is 0.457 bits per heavy atom. The third-order valence-corrected chi connectivity index (χ3v) is 5.71. The average molecular weight is 716 g/mol. The molecule has 0 amide bonds. The second kappa shape index (κ2) is 13.1. The minimum atomic E-state index is -6.13. The summed E-state index contributed by atoms with van der Waals surface area (Å²) in [5.41, 5.74) is -16.3. The molecule has 4 rings (SSSR count). The Morgan fingerprint density at radius 3 is 0.848 bits per heavy atom. The van der Waals surface area contributed by atoms with E-state index in [0.717, 1.165) is 13.2 Å². The molecular formula is C19H12BF18N6NaO. The van der Waals surface area contributed by atoms with Gasteiger partial charge in [0.05, 0.1) is 0 Å². The molecule has 0 saturated carbocycles. The van der Waals surface area contributed by atoms with Gasteiger partial charge in [0.25, 0.3) is 0 Å². The summed E-state index contributed by atoms with van der Waals surface area (Å²) < 4.78 is 242. The first kappa shape index (κ1) is 39.6. The maximum atomic E-state index is 13.6. The summed E-state index contributed by atoms with van der Waals surface area (Å²) in [7, 11) is -5.30. The van der Waals surface area contributed by atoms with Crippen molar-refractivity contribution in [2.24, 2.45) is 0 Å². The molecule has 0 N–H and O–H groups in total. The molecular weight excluding hydrogens is 704 g/mol. The van der Waals surface area contributed by atoms with E-state index in [1.165, 1.54) is 12.8 Å². The standard InChI is InChI=1S/C15H4BF18N6.C4H8O.Na/c17-10(18,19)4-1-7(13(26,27)28)38(35-4)16(39-8(14(29,30)31)2-5(36-39)11(20,21)22)40-9(15(32,33)34)3-6(37-40)12(23,24)25;1-2-4-5-3-1;/h1-3,16H;1-4H2;/q-1;;+1. The van der Waals surface area contributed by atoms with Crippen LogP contribution in [0.1, 0.15) is 47.0 Å². The van der Waals surface area contributed by atoms with Crippen LogP contribution in [0.4, 0.5) is 79.0 Å². The molecule has 3 aromatic rings. The molecule has 0 aromatic carbocycles. The van der Waals surface area contributed by atoms with Gasteiger partial charge in [-0.2, -0.15) is 79.0 Å². The molecule has 46 heavy (non-hydrogen) atoms. The van der Waals surface area contributed by atoms with E-state index in [0.29, 0.717) is 0 Å². The molecule has 1 fully saturated rings. The van der Waals surface area contributed by atoms with E-state index in [9.17, 15) is 79.0 Å². The molecule has 0 radical (unpaired) electrons. The van der Waals surface area contributed by atoms with Gasteiger partial charge in [0, 0.05) is 13.2 Å². The van der Waals surface area contributed by atoms with E-state index in [4.69, 9.17) is 4.74 Å². The molecule has 1 aliphatic heterocycles. The predicted octanol–water partition coefficient (Wildman–Crippen LogP) is 3.85. The van der Waals surface area contributed by atoms with Crippen molar-refractivity contribution in [2.75, 3.05) is 13.2 Å². The Bertz CT molecular complexity index is 1300. The molecule has 1 aliphatic rings. The summed E-state index contributed by atoms with van der Waals surface area (Å²) in [6, 6.07) is -2.82. The van der Waals surface area contributed by atoms with Gasteiger partial charge in [0.2, 0.25) is 0 Å². The minimum Gasteiger partial charge on any atom is -0.392 e. The largest absolute Gasteiger partial charge is 1.00 e. The first-order valence-electron chi connectivity index (χ1n) is 11.6. The van der Waals surface area contributed by atoms with Gasteiger partial charge in [-0.25, -0.2) is 15.3 Å². The molecule has 1 saturated heterocycles. The third kappa shape index (κ3) is 9.05. The SMILES string of the molecule is C1CCOC1.FC(F)(F)c1cc(C(F)(F)F)n([BH-](n2nc(C(F)(F)F)cc2C(F)(F)F)n2nc(C(F)(F)F)cc2C(F)(F)F)n1.[Na+]. The number of ether oxygens (including phenoxy) is 1. The fourth-order valence-electron chi connectivity index (χ4n) is 3.89. The van der Waals surface area contributed by atoms with Gasteiger partial charge < -0.3 is 18.5 Å². The van der Waals surface area contributed by atoms with Crippen LogP contribution in [0.15, 0.2) is 18.2 Å². The van der Waals surface area contributed by atoms with Gasteiger partial charge in [0.1, 0.15) is 17.1 Å². The first-order valence-corrected chi connectivity index (χ1v) is 11.6. The summed E-state index contributed by atoms with van der Waals surface area (Å²) >= 11 is 0. The molecule has 27 heteroatoms. The van der Waals surface area contributed by atoms with Crippen LogP contribution in [-0.2, 0) is 41.8 Å². The van der Waals surface area contributed by atoms with Crippen LogP contribution in [-0.4, -0.2) is 49.4 Å². The first-order chi connectivity index (χ1) is 20.1. The number of rotatable bonds is 3. The van der Waals surface area contributed by atoms with Gasteiger partial charge in [-0.15, -0.1) is 0 Å². The van der Waals surface area contributed by atoms with Gasteiger partial charge in [-0.3, -0.25) is 0 Å². The van der Waals surface area contributed by atoms with E-state index in [-0.39, 0.29) is 29.6 Å². The van der Waals surface area contributed by atoms with Crippen molar-refractivity contribution in [3.63, 3.8) is 0 Å². The maximum absolute atomic E-state index is 13.6. The Kier molecular flexibility index (Phi) is 11.3. The summed E-state index contributed by atoms with van der Waals surface area (Å²) in [5.74, 6) is 0. The van der Waals surface area contributed by atoms with Crippen LogP contribution >= 0.6 is 0 Å². The number of alkyl halides is 18. The van der Waals surface area contributed by atoms with E-state index in [1.807, 2.05) is 0 Å². The van der Waals surface area contributed by atoms with Crippen LogP contribution in [0.5, 0.6) is 0 Å². The Labute approximate surface area is 264 Å². The molecule has 0 spiro atoms. The predicted molar refractivity (Wildman–Crippen MR) is 110 cm³/mol. The molecule has 0 aliphatic carbocycles. The number of aromatic nitrogens is 6. The zero-order chi connectivity index (χ0) is 34.6. The number of hydrogen-bond donors (Lipinski definition) is 0. The smallest absolute Gasteiger partial charge is 0.392 e. The Hall–Kier alpha value is -2.61. The second-order valence-corrected chi connectivity index (χ2v) is 8.97. The quantitative estimate of drug-likeness (QED) is 0.306. The second-order valence-electron chi connectivity index (χ2n) is 8.97. The zero-order valence-electron chi connectivity index (χ0n) is 22.2. The monoisotopic (exact) mass is 716 g/mol. The Balaban J connectivity index is 0.00000112. The van der Waals surface area contributed by atoms with Gasteiger partial charge in [-0.1, -0.05) is 0 Å². The minimum absolute atomic E-state index is 0. The van der Waals surface area contributed by atoms with Crippen LogP contribution in [0, 0.1) is 0 Å². The van der Waals surface area contributed by atoms with Gasteiger partial charge in [0.15, 0.2) is 17.1 Å². The van der Waals surface area contributed by atoms with Crippen molar-refractivity contribution in [3.05, 3.63) is 52.4 Å². The molecule has 4 heterocycles. The molecule has 3 aromatic heterocycles. The number of halogens is 18. The molecule has 0 atom stereocenters. The normalized spacial score (nSPS) is 15.2. The van der Waals surface area contributed by atoms with E-state index < -0.39 is 110 Å². The van der Waals surface area contributed by atoms with Crippen LogP contribution in [0.3, 0.4) is 0 Å². The van der Waals surface area contributed by atoms with Crippen molar-refractivity contribution in [1.29, 1.82) is 0 Å². The maximum Gasteiger partial charge on any atom is 1.00 e. The van der Waals surface area contributed by atoms with Crippen molar-refractivity contribution < 1.29 is 113 Å². The average Bonchev–Trinajstić information content (AvgIpc) is 3.63. The van der Waals surface area contributed by atoms with E-state index in [1.54, 1.807) is 0 Å². The van der Waals surface area contributed by atoms with Gasteiger partial charge in [-0.05, 0) is 31.0 Å². The molecule has 0 unspecified atom stereocenters. The Morgan fingerprint density at radius 2 is 0.696 bits per heavy atom. The summed E-state index contributed by atoms with van der Waals surface area (Å²) in [4.78, 5) is 0. The number of hydrogen-bond acceptors (Lipinski definition) is 4. The third-order valence-electron chi connectivity index (χ3n) is 5.71.